The summed E-state index contributed by atoms with van der Waals surface area (Å²) in [5.41, 5.74) is -0.318. The summed E-state index contributed by atoms with van der Waals surface area (Å²) in [5.74, 6) is -0.310. The highest BCUT2D eigenvalue weighted by Crippen LogP contribution is 2.32. The van der Waals surface area contributed by atoms with E-state index in [1.807, 2.05) is 0 Å². The fourth-order valence-electron chi connectivity index (χ4n) is 2.59. The maximum absolute atomic E-state index is 13.7. The van der Waals surface area contributed by atoms with Crippen LogP contribution in [0.25, 0.3) is 0 Å². The molecule has 0 unspecified atom stereocenters. The number of benzene rings is 1. The molecule has 0 radical (unpaired) electrons. The molecule has 0 aromatic heterocycles. The Morgan fingerprint density at radius 1 is 1.18 bits per heavy atom. The van der Waals surface area contributed by atoms with Gasteiger partial charge in [-0.15, -0.1) is 0 Å². The van der Waals surface area contributed by atoms with Crippen molar-refractivity contribution in [3.63, 3.8) is 0 Å². The maximum atomic E-state index is 13.7. The molecule has 0 saturated heterocycles. The lowest BCUT2D eigenvalue weighted by Gasteiger charge is -2.27. The monoisotopic (exact) mass is 256 g/mol. The summed E-state index contributed by atoms with van der Waals surface area (Å²) < 4.78 is 13.7. The van der Waals surface area contributed by atoms with E-state index < -0.39 is 5.60 Å². The smallest absolute Gasteiger partial charge is 0.127 e. The van der Waals surface area contributed by atoms with Crippen LogP contribution in [0.2, 0.25) is 5.02 Å². The van der Waals surface area contributed by atoms with Crippen LogP contribution < -0.4 is 0 Å². The third kappa shape index (κ3) is 3.20. The van der Waals surface area contributed by atoms with Gasteiger partial charge in [0.2, 0.25) is 0 Å². The highest BCUT2D eigenvalue weighted by Gasteiger charge is 2.30. The van der Waals surface area contributed by atoms with E-state index in [4.69, 9.17) is 11.6 Å². The fraction of sp³-hybridized carbons (Fsp3) is 0.571. The molecule has 1 aliphatic carbocycles. The molecule has 0 bridgehead atoms. The summed E-state index contributed by atoms with van der Waals surface area (Å²) >= 11 is 6.00. The van der Waals surface area contributed by atoms with E-state index in [0.29, 0.717) is 17.0 Å². The molecule has 94 valence electrons. The first-order chi connectivity index (χ1) is 8.11. The van der Waals surface area contributed by atoms with Crippen molar-refractivity contribution >= 4 is 11.6 Å². The Morgan fingerprint density at radius 3 is 2.41 bits per heavy atom. The molecule has 17 heavy (non-hydrogen) atoms. The first-order valence-corrected chi connectivity index (χ1v) is 6.64. The van der Waals surface area contributed by atoms with E-state index in [2.05, 4.69) is 0 Å². The van der Waals surface area contributed by atoms with E-state index in [0.717, 1.165) is 38.5 Å². The Kier molecular flexibility index (Phi) is 4.05. The fourth-order valence-corrected chi connectivity index (χ4v) is 2.82. The van der Waals surface area contributed by atoms with Crippen LogP contribution in [0.4, 0.5) is 4.39 Å². The number of hydrogen-bond acceptors (Lipinski definition) is 1. The van der Waals surface area contributed by atoms with Crippen molar-refractivity contribution in [1.82, 2.24) is 0 Å². The van der Waals surface area contributed by atoms with Gasteiger partial charge in [-0.3, -0.25) is 0 Å². The molecular formula is C14H18ClFO. The molecule has 1 aliphatic rings. The molecule has 0 aliphatic heterocycles. The van der Waals surface area contributed by atoms with Crippen LogP contribution in [-0.4, -0.2) is 10.7 Å². The summed E-state index contributed by atoms with van der Waals surface area (Å²) in [5, 5.41) is 10.9. The van der Waals surface area contributed by atoms with Crippen LogP contribution in [0, 0.1) is 5.82 Å². The Hall–Kier alpha value is -0.600. The standard InChI is InChI=1S/C14H18ClFO/c15-12-6-5-7-13(16)11(12)10-14(17)8-3-1-2-4-9-14/h5-7,17H,1-4,8-10H2. The number of hydrogen-bond donors (Lipinski definition) is 1. The zero-order valence-corrected chi connectivity index (χ0v) is 10.6. The van der Waals surface area contributed by atoms with Crippen molar-refractivity contribution in [2.45, 2.75) is 50.5 Å². The lowest BCUT2D eigenvalue weighted by atomic mass is 9.87. The van der Waals surface area contributed by atoms with Crippen molar-refractivity contribution in [2.75, 3.05) is 0 Å². The summed E-state index contributed by atoms with van der Waals surface area (Å²) in [6.07, 6.45) is 6.18. The van der Waals surface area contributed by atoms with Crippen LogP contribution in [0.1, 0.15) is 44.1 Å². The minimum atomic E-state index is -0.775. The average molecular weight is 257 g/mol. The van der Waals surface area contributed by atoms with Crippen molar-refractivity contribution < 1.29 is 9.50 Å². The molecule has 0 atom stereocenters. The van der Waals surface area contributed by atoms with Crippen molar-refractivity contribution in [3.8, 4) is 0 Å². The van der Waals surface area contributed by atoms with Crippen molar-refractivity contribution in [3.05, 3.63) is 34.6 Å². The zero-order valence-electron chi connectivity index (χ0n) is 9.88. The molecule has 0 heterocycles. The lowest BCUT2D eigenvalue weighted by molar-refractivity contribution is 0.0245. The summed E-state index contributed by atoms with van der Waals surface area (Å²) in [6.45, 7) is 0. The van der Waals surface area contributed by atoms with Gasteiger partial charge in [-0.05, 0) is 25.0 Å². The molecule has 1 N–H and O–H groups in total. The minimum absolute atomic E-state index is 0.310. The topological polar surface area (TPSA) is 20.2 Å². The molecule has 1 aromatic rings. The lowest BCUT2D eigenvalue weighted by Crippen LogP contribution is -2.31. The van der Waals surface area contributed by atoms with Gasteiger partial charge in [0.1, 0.15) is 5.82 Å². The molecular weight excluding hydrogens is 239 g/mol. The van der Waals surface area contributed by atoms with Crippen LogP contribution in [0.15, 0.2) is 18.2 Å². The van der Waals surface area contributed by atoms with Crippen LogP contribution in [0.5, 0.6) is 0 Å². The molecule has 3 heteroatoms. The average Bonchev–Trinajstić information content (AvgIpc) is 2.49. The highest BCUT2D eigenvalue weighted by atomic mass is 35.5. The van der Waals surface area contributed by atoms with Gasteiger partial charge in [0, 0.05) is 17.0 Å². The Bertz CT molecular complexity index is 364. The van der Waals surface area contributed by atoms with E-state index >= 15 is 0 Å². The molecule has 0 spiro atoms. The number of rotatable bonds is 2. The molecule has 2 rings (SSSR count). The predicted octanol–water partition coefficient (Wildman–Crippen LogP) is 4.11. The van der Waals surface area contributed by atoms with Gasteiger partial charge in [0.15, 0.2) is 0 Å². The van der Waals surface area contributed by atoms with Crippen LogP contribution >= 0.6 is 11.6 Å². The number of aliphatic hydroxyl groups is 1. The molecule has 0 amide bonds. The molecule has 1 aromatic carbocycles. The second kappa shape index (κ2) is 5.36. The third-order valence-corrected chi connectivity index (χ3v) is 3.96. The normalized spacial score (nSPS) is 19.9. The van der Waals surface area contributed by atoms with Gasteiger partial charge in [-0.2, -0.15) is 0 Å². The first kappa shape index (κ1) is 12.8. The third-order valence-electron chi connectivity index (χ3n) is 3.60. The van der Waals surface area contributed by atoms with E-state index in [1.165, 1.54) is 6.07 Å². The Balaban J connectivity index is 2.18. The minimum Gasteiger partial charge on any atom is -0.390 e. The maximum Gasteiger partial charge on any atom is 0.127 e. The van der Waals surface area contributed by atoms with E-state index in [1.54, 1.807) is 12.1 Å². The van der Waals surface area contributed by atoms with E-state index in [-0.39, 0.29) is 5.82 Å². The summed E-state index contributed by atoms with van der Waals surface area (Å²) in [6, 6.07) is 4.68. The highest BCUT2D eigenvalue weighted by molar-refractivity contribution is 6.31. The molecule has 1 saturated carbocycles. The largest absolute Gasteiger partial charge is 0.390 e. The van der Waals surface area contributed by atoms with Gasteiger partial charge in [-0.25, -0.2) is 4.39 Å². The van der Waals surface area contributed by atoms with Crippen molar-refractivity contribution in [1.29, 1.82) is 0 Å². The SMILES string of the molecule is OC1(Cc2c(F)cccc2Cl)CCCCCC1. The van der Waals surface area contributed by atoms with Gasteiger partial charge in [-0.1, -0.05) is 43.4 Å². The van der Waals surface area contributed by atoms with Crippen LogP contribution in [-0.2, 0) is 6.42 Å². The summed E-state index contributed by atoms with van der Waals surface area (Å²) in [4.78, 5) is 0. The quantitative estimate of drug-likeness (QED) is 0.790. The second-order valence-corrected chi connectivity index (χ2v) is 5.42. The molecule has 1 fully saturated rings. The first-order valence-electron chi connectivity index (χ1n) is 6.26. The zero-order chi connectivity index (χ0) is 12.3. The van der Waals surface area contributed by atoms with Gasteiger partial charge >= 0.3 is 0 Å². The Morgan fingerprint density at radius 2 is 1.82 bits per heavy atom. The van der Waals surface area contributed by atoms with Crippen molar-refractivity contribution in [2.24, 2.45) is 0 Å². The van der Waals surface area contributed by atoms with Gasteiger partial charge in [0.25, 0.3) is 0 Å². The van der Waals surface area contributed by atoms with Gasteiger partial charge in [0.05, 0.1) is 5.60 Å². The number of halogens is 2. The molecule has 1 nitrogen and oxygen atoms in total. The predicted molar refractivity (Wildman–Crippen MR) is 67.8 cm³/mol. The Labute approximate surface area is 107 Å². The summed E-state index contributed by atoms with van der Waals surface area (Å²) in [7, 11) is 0. The second-order valence-electron chi connectivity index (χ2n) is 5.02. The van der Waals surface area contributed by atoms with E-state index in [9.17, 15) is 9.50 Å². The van der Waals surface area contributed by atoms with Crippen LogP contribution in [0.3, 0.4) is 0 Å². The van der Waals surface area contributed by atoms with Gasteiger partial charge < -0.3 is 5.11 Å².